The monoisotopic (exact) mass is 397 g/mol. The first-order chi connectivity index (χ1) is 13.0. The smallest absolute Gasteiger partial charge is 0.294 e. The van der Waals surface area contributed by atoms with Crippen molar-refractivity contribution in [3.8, 4) is 6.07 Å². The minimum absolute atomic E-state index is 0.222. The van der Waals surface area contributed by atoms with Crippen LogP contribution in [0.2, 0.25) is 5.02 Å². The Balaban J connectivity index is 1.69. The molecule has 1 aliphatic rings. The van der Waals surface area contributed by atoms with Gasteiger partial charge in [-0.2, -0.15) is 5.26 Å². The lowest BCUT2D eigenvalue weighted by Gasteiger charge is -2.12. The molecule has 6 nitrogen and oxygen atoms in total. The zero-order valence-corrected chi connectivity index (χ0v) is 15.4. The summed E-state index contributed by atoms with van der Waals surface area (Å²) in [6.45, 7) is -0.387. The van der Waals surface area contributed by atoms with Gasteiger partial charge in [-0.25, -0.2) is 0 Å². The Morgan fingerprint density at radius 2 is 1.96 bits per heavy atom. The van der Waals surface area contributed by atoms with Crippen LogP contribution < -0.4 is 5.32 Å². The first-order valence-corrected chi connectivity index (χ1v) is 8.96. The van der Waals surface area contributed by atoms with Gasteiger partial charge in [0.05, 0.1) is 16.5 Å². The maximum atomic E-state index is 12.4. The number of imide groups is 1. The van der Waals surface area contributed by atoms with Gasteiger partial charge in [-0.3, -0.25) is 19.3 Å². The molecule has 1 fully saturated rings. The van der Waals surface area contributed by atoms with Crippen LogP contribution in [0.15, 0.2) is 53.4 Å². The van der Waals surface area contributed by atoms with Crippen LogP contribution in [-0.4, -0.2) is 28.5 Å². The molecule has 27 heavy (non-hydrogen) atoms. The second-order valence-electron chi connectivity index (χ2n) is 5.56. The highest BCUT2D eigenvalue weighted by atomic mass is 35.5. The van der Waals surface area contributed by atoms with E-state index in [0.29, 0.717) is 21.8 Å². The van der Waals surface area contributed by atoms with Crippen molar-refractivity contribution in [2.75, 3.05) is 11.9 Å². The van der Waals surface area contributed by atoms with E-state index in [1.54, 1.807) is 54.6 Å². The van der Waals surface area contributed by atoms with Crippen LogP contribution in [0.3, 0.4) is 0 Å². The van der Waals surface area contributed by atoms with Crippen molar-refractivity contribution in [1.29, 1.82) is 5.26 Å². The number of anilines is 1. The molecule has 0 aliphatic carbocycles. The van der Waals surface area contributed by atoms with Crippen molar-refractivity contribution in [2.45, 2.75) is 0 Å². The summed E-state index contributed by atoms with van der Waals surface area (Å²) in [7, 11) is 0. The highest BCUT2D eigenvalue weighted by molar-refractivity contribution is 8.18. The Labute approximate surface area is 164 Å². The number of rotatable bonds is 4. The molecule has 134 valence electrons. The van der Waals surface area contributed by atoms with E-state index in [-0.39, 0.29) is 11.4 Å². The summed E-state index contributed by atoms with van der Waals surface area (Å²) in [5.41, 5.74) is 1.66. The predicted molar refractivity (Wildman–Crippen MR) is 104 cm³/mol. The molecule has 3 amide bonds. The molecule has 3 rings (SSSR count). The summed E-state index contributed by atoms with van der Waals surface area (Å²) in [5, 5.41) is 11.4. The normalized spacial score (nSPS) is 15.1. The van der Waals surface area contributed by atoms with Crippen molar-refractivity contribution in [1.82, 2.24) is 4.90 Å². The Bertz CT molecular complexity index is 996. The summed E-state index contributed by atoms with van der Waals surface area (Å²) in [6.07, 6.45) is 1.56. The lowest BCUT2D eigenvalue weighted by atomic mass is 10.1. The topological polar surface area (TPSA) is 90.3 Å². The van der Waals surface area contributed by atoms with Gasteiger partial charge in [-0.1, -0.05) is 29.8 Å². The molecule has 0 aromatic heterocycles. The predicted octanol–water partition coefficient (Wildman–Crippen LogP) is 3.89. The summed E-state index contributed by atoms with van der Waals surface area (Å²) in [5.74, 6) is -1.03. The first kappa shape index (κ1) is 18.7. The number of carbonyl (C=O) groups excluding carboxylic acids is 3. The number of nitrogens with zero attached hydrogens (tertiary/aromatic N) is 2. The van der Waals surface area contributed by atoms with Gasteiger partial charge in [0.2, 0.25) is 5.91 Å². The van der Waals surface area contributed by atoms with E-state index in [4.69, 9.17) is 16.9 Å². The van der Waals surface area contributed by atoms with Gasteiger partial charge in [0.15, 0.2) is 0 Å². The van der Waals surface area contributed by atoms with Crippen molar-refractivity contribution in [3.63, 3.8) is 0 Å². The minimum Gasteiger partial charge on any atom is -0.324 e. The van der Waals surface area contributed by atoms with Crippen LogP contribution in [-0.2, 0) is 9.59 Å². The van der Waals surface area contributed by atoms with E-state index in [0.717, 1.165) is 16.7 Å². The van der Waals surface area contributed by atoms with Gasteiger partial charge in [0.25, 0.3) is 11.1 Å². The van der Waals surface area contributed by atoms with E-state index < -0.39 is 17.1 Å². The van der Waals surface area contributed by atoms with E-state index in [1.807, 2.05) is 6.07 Å². The maximum Gasteiger partial charge on any atom is 0.294 e. The number of halogens is 1. The third kappa shape index (κ3) is 4.56. The number of carbonyl (C=O) groups is 3. The average molecular weight is 398 g/mol. The molecular formula is C19H12ClN3O3S. The highest BCUT2D eigenvalue weighted by Gasteiger charge is 2.36. The molecule has 0 saturated carbocycles. The fourth-order valence-corrected chi connectivity index (χ4v) is 3.38. The van der Waals surface area contributed by atoms with Gasteiger partial charge in [-0.05, 0) is 53.7 Å². The van der Waals surface area contributed by atoms with Crippen molar-refractivity contribution >= 4 is 52.2 Å². The molecule has 1 saturated heterocycles. The largest absolute Gasteiger partial charge is 0.324 e. The molecule has 0 atom stereocenters. The minimum atomic E-state index is -0.532. The lowest BCUT2D eigenvalue weighted by Crippen LogP contribution is -2.36. The quantitative estimate of drug-likeness (QED) is 0.790. The second-order valence-corrected chi connectivity index (χ2v) is 6.99. The van der Waals surface area contributed by atoms with Gasteiger partial charge in [0, 0.05) is 10.7 Å². The molecule has 0 radical (unpaired) electrons. The Hall–Kier alpha value is -3.08. The average Bonchev–Trinajstić information content (AvgIpc) is 2.90. The summed E-state index contributed by atoms with van der Waals surface area (Å²) in [4.78, 5) is 37.8. The van der Waals surface area contributed by atoms with Crippen LogP contribution in [0, 0.1) is 11.3 Å². The fourth-order valence-electron chi connectivity index (χ4n) is 2.35. The highest BCUT2D eigenvalue weighted by Crippen LogP contribution is 2.32. The van der Waals surface area contributed by atoms with Crippen molar-refractivity contribution in [2.24, 2.45) is 0 Å². The number of amides is 3. The molecule has 1 heterocycles. The standard InChI is InChI=1S/C19H12ClN3O3S/c20-14-2-1-3-15(9-14)22-17(24)11-23-18(25)16(27-19(23)26)8-12-4-6-13(10-21)7-5-12/h1-9H,11H2,(H,22,24)/b16-8+. The molecular weight excluding hydrogens is 386 g/mol. The van der Waals surface area contributed by atoms with E-state index >= 15 is 0 Å². The first-order valence-electron chi connectivity index (χ1n) is 7.77. The SMILES string of the molecule is N#Cc1ccc(/C=C2/SC(=O)N(CC(=O)Nc3cccc(Cl)c3)C2=O)cc1. The summed E-state index contributed by atoms with van der Waals surface area (Å²) in [6, 6.07) is 15.2. The Morgan fingerprint density at radius 1 is 1.22 bits per heavy atom. The second kappa shape index (κ2) is 8.08. The number of hydrogen-bond donors (Lipinski definition) is 1. The number of hydrogen-bond acceptors (Lipinski definition) is 5. The van der Waals surface area contributed by atoms with Crippen LogP contribution >= 0.6 is 23.4 Å². The third-order valence-electron chi connectivity index (χ3n) is 3.62. The number of nitrogens with one attached hydrogen (secondary N) is 1. The zero-order chi connectivity index (χ0) is 19.4. The molecule has 1 aliphatic heterocycles. The molecule has 2 aromatic rings. The van der Waals surface area contributed by atoms with E-state index in [1.165, 1.54) is 0 Å². The molecule has 2 aromatic carbocycles. The van der Waals surface area contributed by atoms with Crippen molar-refractivity contribution in [3.05, 3.63) is 69.6 Å². The number of nitriles is 1. The van der Waals surface area contributed by atoms with Crippen LogP contribution in [0.5, 0.6) is 0 Å². The van der Waals surface area contributed by atoms with Crippen LogP contribution in [0.1, 0.15) is 11.1 Å². The third-order valence-corrected chi connectivity index (χ3v) is 4.76. The van der Waals surface area contributed by atoms with Gasteiger partial charge >= 0.3 is 0 Å². The van der Waals surface area contributed by atoms with Gasteiger partial charge < -0.3 is 5.32 Å². The zero-order valence-electron chi connectivity index (χ0n) is 13.8. The number of benzene rings is 2. The maximum absolute atomic E-state index is 12.4. The molecule has 8 heteroatoms. The molecule has 1 N–H and O–H groups in total. The molecule has 0 bridgehead atoms. The van der Waals surface area contributed by atoms with E-state index in [2.05, 4.69) is 5.32 Å². The lowest BCUT2D eigenvalue weighted by molar-refractivity contribution is -0.127. The van der Waals surface area contributed by atoms with Gasteiger partial charge in [0.1, 0.15) is 6.54 Å². The van der Waals surface area contributed by atoms with Crippen LogP contribution in [0.4, 0.5) is 10.5 Å². The molecule has 0 unspecified atom stereocenters. The Kier molecular flexibility index (Phi) is 5.60. The molecule has 0 spiro atoms. The number of thioether (sulfide) groups is 1. The van der Waals surface area contributed by atoms with Crippen molar-refractivity contribution < 1.29 is 14.4 Å². The van der Waals surface area contributed by atoms with Crippen LogP contribution in [0.25, 0.3) is 6.08 Å². The van der Waals surface area contributed by atoms with Gasteiger partial charge in [-0.15, -0.1) is 0 Å². The van der Waals surface area contributed by atoms with E-state index in [9.17, 15) is 14.4 Å². The summed E-state index contributed by atoms with van der Waals surface area (Å²) < 4.78 is 0. The fraction of sp³-hybridized carbons (Fsp3) is 0.0526. The Morgan fingerprint density at radius 3 is 2.63 bits per heavy atom. The summed E-state index contributed by atoms with van der Waals surface area (Å²) >= 11 is 6.63.